The molecule has 1 saturated carbocycles. The highest BCUT2D eigenvalue weighted by Crippen LogP contribution is 2.28. The summed E-state index contributed by atoms with van der Waals surface area (Å²) in [6.07, 6.45) is 3.99. The van der Waals surface area contributed by atoms with Crippen LogP contribution >= 0.6 is 0 Å². The number of ether oxygens (including phenoxy) is 1. The number of fused-ring (bicyclic) bond motifs is 1. The molecule has 0 radical (unpaired) electrons. The number of pyridine rings is 1. The van der Waals surface area contributed by atoms with Gasteiger partial charge in [0.15, 0.2) is 5.65 Å². The maximum atomic E-state index is 12.6. The molecule has 1 aromatic carbocycles. The Kier molecular flexibility index (Phi) is 5.20. The third-order valence-corrected chi connectivity index (χ3v) is 6.17. The number of nitrogens with zero attached hydrogens (tertiary/aromatic N) is 3. The minimum atomic E-state index is -3.75. The van der Waals surface area contributed by atoms with Crippen LogP contribution in [0.15, 0.2) is 47.5 Å². The van der Waals surface area contributed by atoms with Crippen molar-refractivity contribution in [2.24, 2.45) is 0 Å². The Balaban J connectivity index is 1.46. The van der Waals surface area contributed by atoms with Crippen LogP contribution in [0.4, 0.5) is 0 Å². The SMILES string of the molecule is COc1ccc(C(=O)NCCc2nnc3ccccn23)cc1S(=O)(=O)NC1CC1. The number of nitrogens with one attached hydrogen (secondary N) is 2. The van der Waals surface area contributed by atoms with Crippen molar-refractivity contribution >= 4 is 21.6 Å². The molecule has 2 aromatic heterocycles. The molecular weight excluding hydrogens is 394 g/mol. The van der Waals surface area contributed by atoms with Gasteiger partial charge in [-0.3, -0.25) is 9.20 Å². The second-order valence-electron chi connectivity index (χ2n) is 6.81. The zero-order valence-electron chi connectivity index (χ0n) is 15.8. The molecule has 0 saturated heterocycles. The number of carbonyl (C=O) groups is 1. The molecule has 0 aliphatic heterocycles. The van der Waals surface area contributed by atoms with Crippen molar-refractivity contribution in [2.75, 3.05) is 13.7 Å². The van der Waals surface area contributed by atoms with Crippen molar-refractivity contribution in [1.29, 1.82) is 0 Å². The molecule has 29 heavy (non-hydrogen) atoms. The summed E-state index contributed by atoms with van der Waals surface area (Å²) in [7, 11) is -2.36. The van der Waals surface area contributed by atoms with E-state index in [1.165, 1.54) is 25.3 Å². The molecule has 3 aromatic rings. The number of methoxy groups -OCH3 is 1. The highest BCUT2D eigenvalue weighted by molar-refractivity contribution is 7.89. The Hall–Kier alpha value is -2.98. The van der Waals surface area contributed by atoms with Gasteiger partial charge in [0.05, 0.1) is 7.11 Å². The topological polar surface area (TPSA) is 115 Å². The second kappa shape index (κ2) is 7.80. The maximum absolute atomic E-state index is 12.6. The molecule has 1 amide bonds. The van der Waals surface area contributed by atoms with Crippen molar-refractivity contribution in [3.63, 3.8) is 0 Å². The van der Waals surface area contributed by atoms with Crippen molar-refractivity contribution in [1.82, 2.24) is 24.6 Å². The highest BCUT2D eigenvalue weighted by atomic mass is 32.2. The lowest BCUT2D eigenvalue weighted by Gasteiger charge is -2.12. The molecule has 0 bridgehead atoms. The van der Waals surface area contributed by atoms with Crippen LogP contribution in [-0.4, -0.2) is 48.6 Å². The van der Waals surface area contributed by atoms with E-state index < -0.39 is 10.0 Å². The summed E-state index contributed by atoms with van der Waals surface area (Å²) >= 11 is 0. The molecule has 9 nitrogen and oxygen atoms in total. The van der Waals surface area contributed by atoms with Crippen molar-refractivity contribution < 1.29 is 17.9 Å². The van der Waals surface area contributed by atoms with E-state index in [0.717, 1.165) is 24.3 Å². The number of hydrogen-bond acceptors (Lipinski definition) is 6. The molecule has 1 fully saturated rings. The predicted octanol–water partition coefficient (Wildman–Crippen LogP) is 1.15. The first kappa shape index (κ1) is 19.3. The van der Waals surface area contributed by atoms with E-state index in [1.807, 2.05) is 28.8 Å². The van der Waals surface area contributed by atoms with Crippen LogP contribution in [0.2, 0.25) is 0 Å². The minimum absolute atomic E-state index is 0.0389. The van der Waals surface area contributed by atoms with Crippen LogP contribution in [0.1, 0.15) is 29.0 Å². The normalized spacial score (nSPS) is 14.1. The fourth-order valence-electron chi connectivity index (χ4n) is 2.96. The van der Waals surface area contributed by atoms with Crippen molar-refractivity contribution in [2.45, 2.75) is 30.2 Å². The standard InChI is InChI=1S/C19H21N5O4S/c1-28-15-8-5-13(12-16(15)29(26,27)23-14-6-7-14)19(25)20-10-9-18-22-21-17-4-2-3-11-24(17)18/h2-5,8,11-12,14,23H,6-7,9-10H2,1H3,(H,20,25). The van der Waals surface area contributed by atoms with E-state index >= 15 is 0 Å². The summed E-state index contributed by atoms with van der Waals surface area (Å²) in [6, 6.07) is 9.94. The van der Waals surface area contributed by atoms with Crippen LogP contribution in [0.3, 0.4) is 0 Å². The number of benzene rings is 1. The quantitative estimate of drug-likeness (QED) is 0.570. The average Bonchev–Trinajstić information content (AvgIpc) is 3.43. The molecule has 2 heterocycles. The average molecular weight is 415 g/mol. The third kappa shape index (κ3) is 4.22. The lowest BCUT2D eigenvalue weighted by atomic mass is 10.2. The van der Waals surface area contributed by atoms with Crippen LogP contribution in [0.25, 0.3) is 5.65 Å². The van der Waals surface area contributed by atoms with Crippen LogP contribution in [0, 0.1) is 0 Å². The lowest BCUT2D eigenvalue weighted by molar-refractivity contribution is 0.0953. The number of hydrogen-bond donors (Lipinski definition) is 2. The molecule has 0 atom stereocenters. The molecule has 152 valence electrons. The van der Waals surface area contributed by atoms with Gasteiger partial charge in [-0.25, -0.2) is 13.1 Å². The fourth-order valence-corrected chi connectivity index (χ4v) is 4.46. The zero-order valence-corrected chi connectivity index (χ0v) is 16.6. The number of aromatic nitrogens is 3. The van der Waals surface area contributed by atoms with Gasteiger partial charge in [0.2, 0.25) is 10.0 Å². The first-order valence-electron chi connectivity index (χ1n) is 9.25. The maximum Gasteiger partial charge on any atom is 0.251 e. The number of sulfonamides is 1. The monoisotopic (exact) mass is 415 g/mol. The van der Waals surface area contributed by atoms with E-state index in [0.29, 0.717) is 13.0 Å². The minimum Gasteiger partial charge on any atom is -0.495 e. The smallest absolute Gasteiger partial charge is 0.251 e. The lowest BCUT2D eigenvalue weighted by Crippen LogP contribution is -2.28. The van der Waals surface area contributed by atoms with Gasteiger partial charge in [0, 0.05) is 30.8 Å². The first-order chi connectivity index (χ1) is 14.0. The van der Waals surface area contributed by atoms with Gasteiger partial charge in [-0.1, -0.05) is 6.07 Å². The molecule has 0 unspecified atom stereocenters. The number of carbonyl (C=O) groups excluding carboxylic acids is 1. The summed E-state index contributed by atoms with van der Waals surface area (Å²) in [6.45, 7) is 0.336. The van der Waals surface area contributed by atoms with E-state index in [9.17, 15) is 13.2 Å². The Morgan fingerprint density at radius 3 is 2.83 bits per heavy atom. The molecular formula is C19H21N5O4S. The molecule has 2 N–H and O–H groups in total. The van der Waals surface area contributed by atoms with E-state index in [2.05, 4.69) is 20.2 Å². The number of amides is 1. The summed E-state index contributed by atoms with van der Waals surface area (Å²) in [5.41, 5.74) is 0.982. The molecule has 1 aliphatic rings. The Labute approximate surface area is 168 Å². The predicted molar refractivity (Wildman–Crippen MR) is 105 cm³/mol. The Morgan fingerprint density at radius 2 is 2.07 bits per heavy atom. The molecule has 10 heteroatoms. The molecule has 1 aliphatic carbocycles. The largest absolute Gasteiger partial charge is 0.495 e. The summed E-state index contributed by atoms with van der Waals surface area (Å²) in [4.78, 5) is 12.5. The van der Waals surface area contributed by atoms with Gasteiger partial charge in [-0.05, 0) is 43.2 Å². The van der Waals surface area contributed by atoms with Crippen molar-refractivity contribution in [3.8, 4) is 5.75 Å². The van der Waals surface area contributed by atoms with Crippen LogP contribution in [-0.2, 0) is 16.4 Å². The van der Waals surface area contributed by atoms with E-state index in [1.54, 1.807) is 0 Å². The second-order valence-corrected chi connectivity index (χ2v) is 8.49. The molecule has 4 rings (SSSR count). The summed E-state index contributed by atoms with van der Waals surface area (Å²) < 4.78 is 34.8. The number of rotatable bonds is 8. The van der Waals surface area contributed by atoms with Crippen LogP contribution < -0.4 is 14.8 Å². The van der Waals surface area contributed by atoms with Gasteiger partial charge in [-0.2, -0.15) is 0 Å². The van der Waals surface area contributed by atoms with Gasteiger partial charge in [-0.15, -0.1) is 10.2 Å². The zero-order chi connectivity index (χ0) is 20.4. The van der Waals surface area contributed by atoms with Gasteiger partial charge in [0.25, 0.3) is 5.91 Å². The third-order valence-electron chi connectivity index (χ3n) is 4.63. The van der Waals surface area contributed by atoms with E-state index in [-0.39, 0.29) is 28.2 Å². The Bertz CT molecular complexity index is 1150. The van der Waals surface area contributed by atoms with Crippen molar-refractivity contribution in [3.05, 3.63) is 54.0 Å². The first-order valence-corrected chi connectivity index (χ1v) is 10.7. The Morgan fingerprint density at radius 1 is 1.24 bits per heavy atom. The summed E-state index contributed by atoms with van der Waals surface area (Å²) in [5, 5.41) is 11.0. The van der Waals surface area contributed by atoms with Gasteiger partial charge < -0.3 is 10.1 Å². The van der Waals surface area contributed by atoms with Gasteiger partial charge in [0.1, 0.15) is 16.5 Å². The summed E-state index contributed by atoms with van der Waals surface area (Å²) in [5.74, 6) is 0.557. The van der Waals surface area contributed by atoms with E-state index in [4.69, 9.17) is 4.74 Å². The van der Waals surface area contributed by atoms with Crippen LogP contribution in [0.5, 0.6) is 5.75 Å². The molecule has 0 spiro atoms. The van der Waals surface area contributed by atoms with Gasteiger partial charge >= 0.3 is 0 Å². The fraction of sp³-hybridized carbons (Fsp3) is 0.316. The highest BCUT2D eigenvalue weighted by Gasteiger charge is 2.30.